The maximum atomic E-state index is 12.4. The van der Waals surface area contributed by atoms with Gasteiger partial charge >= 0.3 is 5.76 Å². The quantitative estimate of drug-likeness (QED) is 0.619. The van der Waals surface area contributed by atoms with Crippen molar-refractivity contribution < 1.29 is 27.1 Å². The number of hydrogen-bond acceptors (Lipinski definition) is 7. The lowest BCUT2D eigenvalue weighted by atomic mass is 10.2. The molecule has 11 heteroatoms. The second kappa shape index (κ2) is 6.14. The Balaban J connectivity index is 1.53. The number of carbonyl (C=O) groups is 1. The van der Waals surface area contributed by atoms with Crippen LogP contribution in [0.15, 0.2) is 50.5 Å². The van der Waals surface area contributed by atoms with Crippen molar-refractivity contribution in [2.45, 2.75) is 4.90 Å². The van der Waals surface area contributed by atoms with Gasteiger partial charge in [0.15, 0.2) is 17.1 Å². The molecule has 27 heavy (non-hydrogen) atoms. The van der Waals surface area contributed by atoms with Gasteiger partial charge in [0, 0.05) is 18.7 Å². The van der Waals surface area contributed by atoms with E-state index in [9.17, 15) is 18.0 Å². The highest BCUT2D eigenvalue weighted by atomic mass is 32.2. The molecule has 0 saturated carbocycles. The summed E-state index contributed by atoms with van der Waals surface area (Å²) in [4.78, 5) is 25.5. The fourth-order valence-electron chi connectivity index (χ4n) is 2.56. The Hall–Kier alpha value is -3.31. The minimum absolute atomic E-state index is 0.0606. The van der Waals surface area contributed by atoms with Gasteiger partial charge in [-0.05, 0) is 30.3 Å². The highest BCUT2D eigenvalue weighted by Gasteiger charge is 2.20. The number of nitrogens with zero attached hydrogens (tertiary/aromatic N) is 1. The van der Waals surface area contributed by atoms with Gasteiger partial charge in [-0.1, -0.05) is 0 Å². The van der Waals surface area contributed by atoms with Gasteiger partial charge < -0.3 is 13.9 Å². The first-order valence-electron chi connectivity index (χ1n) is 7.66. The van der Waals surface area contributed by atoms with E-state index < -0.39 is 21.7 Å². The minimum Gasteiger partial charge on any atom is -0.454 e. The Morgan fingerprint density at radius 1 is 1.11 bits per heavy atom. The molecule has 0 bridgehead atoms. The molecule has 0 unspecified atom stereocenters. The van der Waals surface area contributed by atoms with Crippen molar-refractivity contribution in [3.8, 4) is 11.5 Å². The lowest BCUT2D eigenvalue weighted by molar-refractivity contribution is 0.0944. The van der Waals surface area contributed by atoms with Crippen molar-refractivity contribution in [1.82, 2.24) is 14.8 Å². The summed E-state index contributed by atoms with van der Waals surface area (Å²) in [7, 11) is -2.57. The van der Waals surface area contributed by atoms with Crippen LogP contribution in [-0.4, -0.2) is 25.7 Å². The third-order valence-corrected chi connectivity index (χ3v) is 5.25. The monoisotopic (exact) mass is 391 g/mol. The molecule has 4 rings (SSSR count). The van der Waals surface area contributed by atoms with Crippen molar-refractivity contribution in [3.63, 3.8) is 0 Å². The maximum absolute atomic E-state index is 12.4. The number of fused-ring (bicyclic) bond motifs is 2. The Labute approximate surface area is 152 Å². The molecule has 3 aromatic rings. The molecule has 1 aliphatic heterocycles. The number of sulfonamides is 1. The summed E-state index contributed by atoms with van der Waals surface area (Å²) in [6.45, 7) is 0.0606. The van der Waals surface area contributed by atoms with Crippen molar-refractivity contribution in [3.05, 3.63) is 52.5 Å². The molecule has 0 fully saturated rings. The zero-order chi connectivity index (χ0) is 19.2. The molecule has 10 nitrogen and oxygen atoms in total. The van der Waals surface area contributed by atoms with Crippen molar-refractivity contribution in [1.29, 1.82) is 0 Å². The van der Waals surface area contributed by atoms with E-state index in [1.807, 2.05) is 4.83 Å². The summed E-state index contributed by atoms with van der Waals surface area (Å²) in [6.07, 6.45) is 0. The first-order chi connectivity index (χ1) is 12.8. The number of hydrogen-bond donors (Lipinski definition) is 2. The number of carbonyl (C=O) groups excluding carboxylic acids is 1. The van der Waals surface area contributed by atoms with Crippen molar-refractivity contribution >= 4 is 27.0 Å². The van der Waals surface area contributed by atoms with E-state index in [0.29, 0.717) is 17.0 Å². The van der Waals surface area contributed by atoms with Crippen LogP contribution in [-0.2, 0) is 17.1 Å². The van der Waals surface area contributed by atoms with Crippen LogP contribution in [0.25, 0.3) is 11.1 Å². The standard InChI is InChI=1S/C16H13N3O7S/c1-19-11-4-3-10(7-13(11)26-16(19)21)27(22,23)18-17-15(20)9-2-5-12-14(6-9)25-8-24-12/h2-7,18H,8H2,1H3,(H,17,20). The predicted molar refractivity (Wildman–Crippen MR) is 91.8 cm³/mol. The van der Waals surface area contributed by atoms with Gasteiger partial charge in [0.2, 0.25) is 6.79 Å². The molecule has 0 saturated heterocycles. The molecule has 2 heterocycles. The lowest BCUT2D eigenvalue weighted by Crippen LogP contribution is -2.41. The number of amides is 1. The molecule has 1 amide bonds. The normalized spacial score (nSPS) is 13.1. The van der Waals surface area contributed by atoms with Crippen molar-refractivity contribution in [2.75, 3.05) is 6.79 Å². The van der Waals surface area contributed by atoms with Crippen LogP contribution in [0.2, 0.25) is 0 Å². The van der Waals surface area contributed by atoms with E-state index in [1.54, 1.807) is 6.07 Å². The molecule has 0 aliphatic carbocycles. The highest BCUT2D eigenvalue weighted by molar-refractivity contribution is 7.89. The van der Waals surface area contributed by atoms with Crippen molar-refractivity contribution in [2.24, 2.45) is 7.05 Å². The second-order valence-corrected chi connectivity index (χ2v) is 7.37. The Kier molecular flexibility index (Phi) is 3.89. The Morgan fingerprint density at radius 3 is 2.70 bits per heavy atom. The summed E-state index contributed by atoms with van der Waals surface area (Å²) in [5.41, 5.74) is 2.87. The maximum Gasteiger partial charge on any atom is 0.419 e. The second-order valence-electron chi connectivity index (χ2n) is 5.68. The average molecular weight is 391 g/mol. The third kappa shape index (κ3) is 3.02. The van der Waals surface area contributed by atoms with E-state index in [4.69, 9.17) is 13.9 Å². The van der Waals surface area contributed by atoms with Gasteiger partial charge in [0.1, 0.15) is 0 Å². The number of nitrogens with one attached hydrogen (secondary N) is 2. The smallest absolute Gasteiger partial charge is 0.419 e. The van der Waals surface area contributed by atoms with E-state index in [0.717, 1.165) is 0 Å². The minimum atomic E-state index is -4.08. The topological polar surface area (TPSA) is 129 Å². The molecule has 0 spiro atoms. The van der Waals surface area contributed by atoms with Gasteiger partial charge in [-0.25, -0.2) is 13.2 Å². The van der Waals surface area contributed by atoms with E-state index >= 15 is 0 Å². The summed E-state index contributed by atoms with van der Waals surface area (Å²) in [5.74, 6) is -0.382. The number of hydrazine groups is 1. The molecule has 0 radical (unpaired) electrons. The molecule has 1 aliphatic rings. The average Bonchev–Trinajstić information content (AvgIpc) is 3.23. The molecular weight excluding hydrogens is 378 g/mol. The molecule has 2 aromatic carbocycles. The number of aromatic nitrogens is 1. The van der Waals surface area contributed by atoms with Gasteiger partial charge in [-0.15, -0.1) is 4.83 Å². The summed E-state index contributed by atoms with van der Waals surface area (Å²) in [5, 5.41) is 0. The third-order valence-electron chi connectivity index (χ3n) is 4.01. The number of ether oxygens (including phenoxy) is 2. The first kappa shape index (κ1) is 17.1. The van der Waals surface area contributed by atoms with Gasteiger partial charge in [0.05, 0.1) is 10.4 Å². The van der Waals surface area contributed by atoms with E-state index in [2.05, 4.69) is 5.43 Å². The van der Waals surface area contributed by atoms with Crippen LogP contribution in [0.5, 0.6) is 11.5 Å². The van der Waals surface area contributed by atoms with Crippen LogP contribution in [0.1, 0.15) is 10.4 Å². The van der Waals surface area contributed by atoms with E-state index in [-0.39, 0.29) is 22.8 Å². The summed E-state index contributed by atoms with van der Waals surface area (Å²) < 4.78 is 41.3. The highest BCUT2D eigenvalue weighted by Crippen LogP contribution is 2.32. The van der Waals surface area contributed by atoms with Crippen LogP contribution < -0.4 is 25.5 Å². The Morgan fingerprint density at radius 2 is 1.89 bits per heavy atom. The number of oxazole rings is 1. The fraction of sp³-hybridized carbons (Fsp3) is 0.125. The zero-order valence-corrected chi connectivity index (χ0v) is 14.7. The molecule has 140 valence electrons. The first-order valence-corrected chi connectivity index (χ1v) is 9.15. The van der Waals surface area contributed by atoms with Crippen LogP contribution in [0.4, 0.5) is 0 Å². The summed E-state index contributed by atoms with van der Waals surface area (Å²) >= 11 is 0. The van der Waals surface area contributed by atoms with E-state index in [1.165, 1.54) is 41.9 Å². The molecule has 1 aromatic heterocycles. The summed E-state index contributed by atoms with van der Waals surface area (Å²) in [6, 6.07) is 8.40. The molecular formula is C16H13N3O7S. The number of rotatable bonds is 4. The number of benzene rings is 2. The lowest BCUT2D eigenvalue weighted by Gasteiger charge is -2.09. The van der Waals surface area contributed by atoms with Crippen LogP contribution in [0.3, 0.4) is 0 Å². The number of aryl methyl sites for hydroxylation is 1. The zero-order valence-electron chi connectivity index (χ0n) is 13.9. The van der Waals surface area contributed by atoms with Crippen LogP contribution in [0, 0.1) is 0 Å². The largest absolute Gasteiger partial charge is 0.454 e. The SMILES string of the molecule is Cn1c(=O)oc2cc(S(=O)(=O)NNC(=O)c3ccc4c(c3)OCO4)ccc21. The van der Waals surface area contributed by atoms with Gasteiger partial charge in [-0.3, -0.25) is 14.8 Å². The Bertz CT molecular complexity index is 1230. The molecule has 2 N–H and O–H groups in total. The fourth-order valence-corrected chi connectivity index (χ4v) is 3.42. The predicted octanol–water partition coefficient (Wildman–Crippen LogP) is 0.483. The molecule has 0 atom stereocenters. The van der Waals surface area contributed by atoms with Crippen LogP contribution >= 0.6 is 0 Å². The van der Waals surface area contributed by atoms with Gasteiger partial charge in [-0.2, -0.15) is 0 Å². The van der Waals surface area contributed by atoms with Gasteiger partial charge in [0.25, 0.3) is 15.9 Å².